The molecule has 7 heteroatoms. The zero-order chi connectivity index (χ0) is 13.7. The van der Waals surface area contributed by atoms with E-state index in [9.17, 15) is 18.7 Å². The predicted octanol–water partition coefficient (Wildman–Crippen LogP) is 0.868. The number of aliphatic hydroxyl groups is 1. The van der Waals surface area contributed by atoms with Gasteiger partial charge < -0.3 is 14.9 Å². The maximum Gasteiger partial charge on any atom is 0.340 e. The van der Waals surface area contributed by atoms with Crippen LogP contribution in [0.3, 0.4) is 0 Å². The van der Waals surface area contributed by atoms with Crippen molar-refractivity contribution in [2.45, 2.75) is 0 Å². The highest BCUT2D eigenvalue weighted by Crippen LogP contribution is 2.26. The number of benzene rings is 1. The zero-order valence-electron chi connectivity index (χ0n) is 9.48. The second-order valence-electron chi connectivity index (χ2n) is 3.23. The molecule has 0 radical (unpaired) electrons. The molecule has 98 valence electrons. The summed E-state index contributed by atoms with van der Waals surface area (Å²) < 4.78 is 31.4. The number of aliphatic imine (C=N–C) groups is 1. The number of hydrogen-bond donors (Lipinski definition) is 2. The maximum absolute atomic E-state index is 13.8. The van der Waals surface area contributed by atoms with Crippen molar-refractivity contribution in [3.8, 4) is 5.75 Å². The third kappa shape index (κ3) is 2.80. The molecule has 0 aliphatic rings. The van der Waals surface area contributed by atoms with Gasteiger partial charge >= 0.3 is 5.97 Å². The van der Waals surface area contributed by atoms with Crippen LogP contribution < -0.4 is 0 Å². The number of phenols is 1. The van der Waals surface area contributed by atoms with Gasteiger partial charge in [-0.05, 0) is 6.07 Å². The van der Waals surface area contributed by atoms with Crippen molar-refractivity contribution in [2.75, 3.05) is 20.3 Å². The molecule has 0 unspecified atom stereocenters. The minimum atomic E-state index is -1.16. The Bertz CT molecular complexity index is 488. The van der Waals surface area contributed by atoms with Crippen molar-refractivity contribution in [2.24, 2.45) is 4.99 Å². The molecule has 0 saturated heterocycles. The molecule has 0 atom stereocenters. The molecule has 2 N–H and O–H groups in total. The van der Waals surface area contributed by atoms with Crippen LogP contribution in [0.1, 0.15) is 15.9 Å². The van der Waals surface area contributed by atoms with E-state index in [0.717, 1.165) is 13.3 Å². The van der Waals surface area contributed by atoms with E-state index in [1.165, 1.54) is 0 Å². The summed E-state index contributed by atoms with van der Waals surface area (Å²) in [6.45, 7) is -0.318. The lowest BCUT2D eigenvalue weighted by molar-refractivity contribution is 0.0594. The molecule has 0 spiro atoms. The predicted molar refractivity (Wildman–Crippen MR) is 58.9 cm³/mol. The van der Waals surface area contributed by atoms with E-state index >= 15 is 0 Å². The van der Waals surface area contributed by atoms with Crippen LogP contribution in [0.2, 0.25) is 0 Å². The molecule has 0 fully saturated rings. The Balaban J connectivity index is 3.31. The quantitative estimate of drug-likeness (QED) is 0.621. The lowest BCUT2D eigenvalue weighted by Gasteiger charge is -2.07. The van der Waals surface area contributed by atoms with Gasteiger partial charge in [0.1, 0.15) is 5.82 Å². The fourth-order valence-corrected chi connectivity index (χ4v) is 1.23. The number of rotatable bonds is 4. The average molecular weight is 259 g/mol. The summed E-state index contributed by atoms with van der Waals surface area (Å²) in [5.41, 5.74) is -1.21. The molecule has 1 aromatic rings. The Kier molecular flexibility index (Phi) is 4.73. The second kappa shape index (κ2) is 6.06. The van der Waals surface area contributed by atoms with Crippen molar-refractivity contribution in [1.29, 1.82) is 0 Å². The number of aliphatic hydroxyl groups excluding tert-OH is 1. The topological polar surface area (TPSA) is 79.1 Å². The van der Waals surface area contributed by atoms with Crippen LogP contribution in [0.5, 0.6) is 5.75 Å². The monoisotopic (exact) mass is 259 g/mol. The molecule has 1 aromatic carbocycles. The van der Waals surface area contributed by atoms with Crippen LogP contribution >= 0.6 is 0 Å². The largest absolute Gasteiger partial charge is 0.504 e. The van der Waals surface area contributed by atoms with E-state index in [1.807, 2.05) is 0 Å². The third-order valence-corrected chi connectivity index (χ3v) is 2.08. The molecule has 1 rings (SSSR count). The first kappa shape index (κ1) is 14.0. The standard InChI is InChI=1S/C11H11F2NO4/c1-18-11(17)6-4-8(12)10(16)7(9(6)13)5-14-2-3-15/h4-5,15-16H,2-3H2,1H3. The van der Waals surface area contributed by atoms with Crippen molar-refractivity contribution in [1.82, 2.24) is 0 Å². The molecular weight excluding hydrogens is 248 g/mol. The summed E-state index contributed by atoms with van der Waals surface area (Å²) in [6.07, 6.45) is 0.844. The molecule has 0 amide bonds. The van der Waals surface area contributed by atoms with Crippen molar-refractivity contribution >= 4 is 12.2 Å². The van der Waals surface area contributed by atoms with Crippen LogP contribution in [-0.2, 0) is 4.74 Å². The Morgan fingerprint density at radius 1 is 1.56 bits per heavy atom. The number of methoxy groups -OCH3 is 1. The highest BCUT2D eigenvalue weighted by atomic mass is 19.1. The van der Waals surface area contributed by atoms with E-state index in [-0.39, 0.29) is 13.2 Å². The van der Waals surface area contributed by atoms with Gasteiger partial charge in [-0.2, -0.15) is 0 Å². The van der Waals surface area contributed by atoms with E-state index in [1.54, 1.807) is 0 Å². The number of ether oxygens (including phenoxy) is 1. The number of carbonyl (C=O) groups is 1. The van der Waals surface area contributed by atoms with E-state index < -0.39 is 34.5 Å². The Hall–Kier alpha value is -2.02. The van der Waals surface area contributed by atoms with E-state index in [4.69, 9.17) is 5.11 Å². The van der Waals surface area contributed by atoms with Crippen LogP contribution in [-0.4, -0.2) is 42.7 Å². The first-order valence-electron chi connectivity index (χ1n) is 4.92. The average Bonchev–Trinajstić information content (AvgIpc) is 2.37. The number of nitrogens with zero attached hydrogens (tertiary/aromatic N) is 1. The lowest BCUT2D eigenvalue weighted by Crippen LogP contribution is -2.08. The van der Waals surface area contributed by atoms with Gasteiger partial charge in [-0.15, -0.1) is 0 Å². The minimum absolute atomic E-state index is 0.0387. The van der Waals surface area contributed by atoms with Crippen LogP contribution in [0.4, 0.5) is 8.78 Å². The minimum Gasteiger partial charge on any atom is -0.504 e. The van der Waals surface area contributed by atoms with Crippen molar-refractivity contribution in [3.63, 3.8) is 0 Å². The number of carbonyl (C=O) groups excluding carboxylic acids is 1. The zero-order valence-corrected chi connectivity index (χ0v) is 9.48. The Labute approximate surface area is 101 Å². The number of hydrogen-bond acceptors (Lipinski definition) is 5. The maximum atomic E-state index is 13.8. The highest BCUT2D eigenvalue weighted by molar-refractivity contribution is 5.94. The molecule has 0 aliphatic heterocycles. The first-order chi connectivity index (χ1) is 8.52. The summed E-state index contributed by atoms with van der Waals surface area (Å²) in [4.78, 5) is 14.7. The second-order valence-corrected chi connectivity index (χ2v) is 3.23. The SMILES string of the molecule is COC(=O)c1cc(F)c(O)c(C=NCCO)c1F. The van der Waals surface area contributed by atoms with Crippen molar-refractivity contribution in [3.05, 3.63) is 28.8 Å². The van der Waals surface area contributed by atoms with Crippen LogP contribution in [0, 0.1) is 11.6 Å². The fourth-order valence-electron chi connectivity index (χ4n) is 1.23. The number of esters is 1. The molecule has 0 aliphatic carbocycles. The van der Waals surface area contributed by atoms with Gasteiger partial charge in [0, 0.05) is 6.21 Å². The normalized spacial score (nSPS) is 10.9. The van der Waals surface area contributed by atoms with Crippen LogP contribution in [0.25, 0.3) is 0 Å². The van der Waals surface area contributed by atoms with Gasteiger partial charge in [0.2, 0.25) is 0 Å². The Morgan fingerprint density at radius 2 is 2.22 bits per heavy atom. The van der Waals surface area contributed by atoms with Gasteiger partial charge in [0.05, 0.1) is 31.4 Å². The first-order valence-corrected chi connectivity index (χ1v) is 4.92. The molecule has 18 heavy (non-hydrogen) atoms. The van der Waals surface area contributed by atoms with Gasteiger partial charge in [0.25, 0.3) is 0 Å². The summed E-state index contributed by atoms with van der Waals surface area (Å²) in [6, 6.07) is 0.542. The number of phenolic OH excluding ortho intramolecular Hbond substituents is 1. The molecule has 0 heterocycles. The molecule has 0 bridgehead atoms. The highest BCUT2D eigenvalue weighted by Gasteiger charge is 2.21. The molecule has 5 nitrogen and oxygen atoms in total. The summed E-state index contributed by atoms with van der Waals surface area (Å²) in [5.74, 6) is -4.32. The summed E-state index contributed by atoms with van der Waals surface area (Å²) in [7, 11) is 1.02. The van der Waals surface area contributed by atoms with Gasteiger partial charge in [0.15, 0.2) is 11.6 Å². The third-order valence-electron chi connectivity index (χ3n) is 2.08. The smallest absolute Gasteiger partial charge is 0.340 e. The molecule has 0 saturated carbocycles. The Morgan fingerprint density at radius 3 is 2.78 bits per heavy atom. The number of halogens is 2. The van der Waals surface area contributed by atoms with Crippen LogP contribution in [0.15, 0.2) is 11.1 Å². The van der Waals surface area contributed by atoms with E-state index in [2.05, 4.69) is 9.73 Å². The van der Waals surface area contributed by atoms with Crippen molar-refractivity contribution < 1.29 is 28.5 Å². The number of aromatic hydroxyl groups is 1. The van der Waals surface area contributed by atoms with E-state index in [0.29, 0.717) is 6.07 Å². The van der Waals surface area contributed by atoms with Gasteiger partial charge in [-0.25, -0.2) is 13.6 Å². The van der Waals surface area contributed by atoms with Gasteiger partial charge in [-0.1, -0.05) is 0 Å². The summed E-state index contributed by atoms with van der Waals surface area (Å²) >= 11 is 0. The summed E-state index contributed by atoms with van der Waals surface area (Å²) in [5, 5.41) is 17.8. The fraction of sp³-hybridized carbons (Fsp3) is 0.273. The molecular formula is C11H11F2NO4. The van der Waals surface area contributed by atoms with Gasteiger partial charge in [-0.3, -0.25) is 4.99 Å². The molecule has 0 aromatic heterocycles. The lowest BCUT2D eigenvalue weighted by atomic mass is 10.1.